The van der Waals surface area contributed by atoms with Crippen molar-refractivity contribution in [2.24, 2.45) is 23.2 Å². The Balaban J connectivity index is 1.69. The van der Waals surface area contributed by atoms with Gasteiger partial charge in [0.05, 0.1) is 18.6 Å². The number of halogens is 6. The molecule has 1 heterocycles. The number of carbonyl (C=O) groups is 1. The maximum atomic E-state index is 13.6. The van der Waals surface area contributed by atoms with Gasteiger partial charge in [0.15, 0.2) is 5.79 Å². The van der Waals surface area contributed by atoms with E-state index >= 15 is 0 Å². The van der Waals surface area contributed by atoms with Crippen molar-refractivity contribution in [3.05, 3.63) is 0 Å². The first kappa shape index (κ1) is 23.1. The van der Waals surface area contributed by atoms with Crippen LogP contribution in [0.25, 0.3) is 0 Å². The Morgan fingerprint density at radius 3 is 1.87 bits per heavy atom. The molecule has 5 aliphatic rings. The Bertz CT molecular complexity index is 829. The highest BCUT2D eigenvalue weighted by Crippen LogP contribution is 2.66. The minimum Gasteiger partial charge on any atom is -0.438 e. The van der Waals surface area contributed by atoms with Crippen molar-refractivity contribution in [2.45, 2.75) is 55.8 Å². The first-order valence-electron chi connectivity index (χ1n) is 9.64. The van der Waals surface area contributed by atoms with E-state index < -0.39 is 62.8 Å². The van der Waals surface area contributed by atoms with Gasteiger partial charge >= 0.3 is 23.9 Å². The molecule has 1 spiro atoms. The van der Waals surface area contributed by atoms with Crippen molar-refractivity contribution >= 4 is 16.1 Å². The average molecular weight is 482 g/mol. The molecule has 2 unspecified atom stereocenters. The van der Waals surface area contributed by atoms with Crippen LogP contribution in [0.1, 0.15) is 32.1 Å². The largest absolute Gasteiger partial charge is 0.438 e. The Morgan fingerprint density at radius 1 is 0.968 bits per heavy atom. The van der Waals surface area contributed by atoms with E-state index in [0.717, 1.165) is 0 Å². The lowest BCUT2D eigenvalue weighted by molar-refractivity contribution is -0.366. The number of ether oxygens (including phenoxy) is 3. The Labute approximate surface area is 173 Å². The molecule has 2 atom stereocenters. The minimum atomic E-state index is -6.34. The topological polar surface area (TPSA) is 99.1 Å². The van der Waals surface area contributed by atoms with Crippen LogP contribution < -0.4 is 0 Å². The van der Waals surface area contributed by atoms with Crippen LogP contribution in [0.3, 0.4) is 0 Å². The number of rotatable bonds is 4. The zero-order chi connectivity index (χ0) is 23.1. The fraction of sp³-hybridized carbons (Fsp3) is 0.941. The zero-order valence-electron chi connectivity index (χ0n) is 16.0. The molecule has 7 nitrogen and oxygen atoms in total. The van der Waals surface area contributed by atoms with Crippen LogP contribution in [0.4, 0.5) is 26.3 Å². The summed E-state index contributed by atoms with van der Waals surface area (Å²) in [5.74, 6) is -6.57. The van der Waals surface area contributed by atoms with Crippen LogP contribution in [0.5, 0.6) is 0 Å². The summed E-state index contributed by atoms with van der Waals surface area (Å²) in [6.45, 7) is 0.601. The van der Waals surface area contributed by atoms with Gasteiger partial charge in [-0.2, -0.15) is 34.8 Å². The summed E-state index contributed by atoms with van der Waals surface area (Å²) in [6, 6.07) is 0. The summed E-state index contributed by atoms with van der Waals surface area (Å²) in [6.07, 6.45) is -11.7. The van der Waals surface area contributed by atoms with Gasteiger partial charge in [0.1, 0.15) is 5.75 Å². The lowest BCUT2D eigenvalue weighted by atomic mass is 9.47. The van der Waals surface area contributed by atoms with Crippen LogP contribution in [0.2, 0.25) is 0 Å². The molecule has 4 bridgehead atoms. The highest BCUT2D eigenvalue weighted by Gasteiger charge is 2.77. The lowest BCUT2D eigenvalue weighted by Gasteiger charge is -2.61. The summed E-state index contributed by atoms with van der Waals surface area (Å²) < 4.78 is 128. The quantitative estimate of drug-likeness (QED) is 0.374. The van der Waals surface area contributed by atoms with E-state index in [2.05, 4.69) is 4.74 Å². The molecule has 14 heteroatoms. The number of hydrogen-bond donors (Lipinski definition) is 1. The van der Waals surface area contributed by atoms with Crippen LogP contribution in [0.15, 0.2) is 0 Å². The van der Waals surface area contributed by atoms with Gasteiger partial charge in [0.25, 0.3) is 10.1 Å². The van der Waals surface area contributed by atoms with E-state index in [1.165, 1.54) is 0 Å². The standard InChI is InChI=1S/C17H20F6O7S/c18-16(19,20)14(17(21,22)23,8-31(25,26)27)30-12(24)13-5-9-3-10(6-13)15(11(4-9)7-13)28-1-2-29-15/h9-11H,1-8H2,(H,25,26,27). The summed E-state index contributed by atoms with van der Waals surface area (Å²) >= 11 is 0. The summed E-state index contributed by atoms with van der Waals surface area (Å²) in [7, 11) is -5.83. The number of esters is 1. The third-order valence-corrected chi connectivity index (χ3v) is 7.84. The zero-order valence-corrected chi connectivity index (χ0v) is 16.8. The van der Waals surface area contributed by atoms with Gasteiger partial charge in [0, 0.05) is 11.8 Å². The van der Waals surface area contributed by atoms with E-state index in [4.69, 9.17) is 14.0 Å². The predicted octanol–water partition coefficient (Wildman–Crippen LogP) is 2.85. The second kappa shape index (κ2) is 6.70. The third-order valence-electron chi connectivity index (χ3n) is 7.07. The number of carbonyl (C=O) groups excluding carboxylic acids is 1. The second-order valence-corrected chi connectivity index (χ2v) is 10.4. The molecule has 1 aliphatic heterocycles. The van der Waals surface area contributed by atoms with Crippen molar-refractivity contribution in [1.29, 1.82) is 0 Å². The van der Waals surface area contributed by atoms with Gasteiger partial charge in [0.2, 0.25) is 0 Å². The maximum Gasteiger partial charge on any atom is 0.438 e. The molecule has 5 fully saturated rings. The van der Waals surface area contributed by atoms with Crippen molar-refractivity contribution in [3.8, 4) is 0 Å². The van der Waals surface area contributed by atoms with Crippen molar-refractivity contribution in [3.63, 3.8) is 0 Å². The monoisotopic (exact) mass is 482 g/mol. The normalized spacial score (nSPS) is 35.0. The first-order valence-corrected chi connectivity index (χ1v) is 11.2. The van der Waals surface area contributed by atoms with E-state index in [1.54, 1.807) is 0 Å². The Kier molecular flexibility index (Phi) is 4.98. The molecule has 178 valence electrons. The molecule has 0 amide bonds. The lowest BCUT2D eigenvalue weighted by Crippen LogP contribution is -2.67. The molecule has 0 radical (unpaired) electrons. The van der Waals surface area contributed by atoms with Gasteiger partial charge in [-0.05, 0) is 38.0 Å². The van der Waals surface area contributed by atoms with E-state index in [0.29, 0.717) is 26.1 Å². The molecule has 0 aromatic carbocycles. The van der Waals surface area contributed by atoms with Crippen molar-refractivity contribution in [2.75, 3.05) is 19.0 Å². The molecule has 0 aromatic rings. The molecule has 1 saturated heterocycles. The highest BCUT2D eigenvalue weighted by molar-refractivity contribution is 7.85. The summed E-state index contributed by atoms with van der Waals surface area (Å²) in [5, 5.41) is 0. The molecular formula is C17H20F6O7S. The third kappa shape index (κ3) is 3.44. The summed E-state index contributed by atoms with van der Waals surface area (Å²) in [4.78, 5) is 12.9. The molecule has 4 aliphatic carbocycles. The smallest absolute Gasteiger partial charge is 0.438 e. The van der Waals surface area contributed by atoms with Gasteiger partial charge < -0.3 is 14.2 Å². The Hall–Kier alpha value is -1.12. The van der Waals surface area contributed by atoms with E-state index in [9.17, 15) is 39.6 Å². The Morgan fingerprint density at radius 2 is 1.45 bits per heavy atom. The molecule has 4 saturated carbocycles. The van der Waals surface area contributed by atoms with E-state index in [-0.39, 0.29) is 25.2 Å². The average Bonchev–Trinajstić information content (AvgIpc) is 3.06. The van der Waals surface area contributed by atoms with Crippen LogP contribution in [0, 0.1) is 23.2 Å². The van der Waals surface area contributed by atoms with Gasteiger partial charge in [-0.25, -0.2) is 0 Å². The molecule has 5 rings (SSSR count). The van der Waals surface area contributed by atoms with Gasteiger partial charge in [-0.3, -0.25) is 9.35 Å². The predicted molar refractivity (Wildman–Crippen MR) is 88.0 cm³/mol. The molecule has 31 heavy (non-hydrogen) atoms. The number of alkyl halides is 6. The fourth-order valence-electron chi connectivity index (χ4n) is 6.08. The van der Waals surface area contributed by atoms with Crippen LogP contribution >= 0.6 is 0 Å². The second-order valence-electron chi connectivity index (χ2n) is 8.98. The van der Waals surface area contributed by atoms with Gasteiger partial charge in [-0.1, -0.05) is 0 Å². The van der Waals surface area contributed by atoms with Gasteiger partial charge in [-0.15, -0.1) is 0 Å². The fourth-order valence-corrected chi connectivity index (χ4v) is 6.98. The molecule has 0 aromatic heterocycles. The summed E-state index contributed by atoms with van der Waals surface area (Å²) in [5.41, 5.74) is -7.02. The van der Waals surface area contributed by atoms with Crippen LogP contribution in [-0.4, -0.2) is 61.6 Å². The molecule has 1 N–H and O–H groups in total. The minimum absolute atomic E-state index is 0.0343. The van der Waals surface area contributed by atoms with Crippen LogP contribution in [-0.2, 0) is 29.1 Å². The SMILES string of the molecule is O=C(OC(CS(=O)(=O)O)(C(F)(F)F)C(F)(F)F)C12CC3CC(C1)C1(OCCO1)C(C3)C2. The van der Waals surface area contributed by atoms with Crippen molar-refractivity contribution < 1.29 is 58.3 Å². The first-order chi connectivity index (χ1) is 14.0. The van der Waals surface area contributed by atoms with E-state index in [1.807, 2.05) is 0 Å². The number of hydrogen-bond acceptors (Lipinski definition) is 6. The maximum absolute atomic E-state index is 13.6. The highest BCUT2D eigenvalue weighted by atomic mass is 32.2. The van der Waals surface area contributed by atoms with Crippen molar-refractivity contribution in [1.82, 2.24) is 0 Å². The molecular weight excluding hydrogens is 462 g/mol.